The summed E-state index contributed by atoms with van der Waals surface area (Å²) in [4.78, 5) is 0. The molecule has 437 valence electrons. The van der Waals surface area contributed by atoms with Crippen LogP contribution in [0.2, 0.25) is 12.6 Å². The molecule has 0 amide bonds. The Morgan fingerprint density at radius 3 is 1.04 bits per heavy atom. The van der Waals surface area contributed by atoms with Crippen molar-refractivity contribution in [2.45, 2.75) is 210 Å². The molecule has 4 aromatic rings. The van der Waals surface area contributed by atoms with Gasteiger partial charge in [0.1, 0.15) is 0 Å². The van der Waals surface area contributed by atoms with Gasteiger partial charge in [0, 0.05) is 0 Å². The molecule has 7 heteroatoms. The van der Waals surface area contributed by atoms with Gasteiger partial charge in [0.15, 0.2) is 0 Å². The fraction of sp³-hybridized carbons (Fsp3) is 0.632. The van der Waals surface area contributed by atoms with Crippen molar-refractivity contribution >= 4 is 35.1 Å². The van der Waals surface area contributed by atoms with Crippen LogP contribution < -0.4 is 0 Å². The van der Waals surface area contributed by atoms with Crippen molar-refractivity contribution in [3.8, 4) is 22.3 Å². The van der Waals surface area contributed by atoms with Gasteiger partial charge in [0.25, 0.3) is 0 Å². The molecule has 0 radical (unpaired) electrons. The monoisotopic (exact) mass is 1250 g/mol. The molecule has 0 spiro atoms. The molecule has 16 saturated carbocycles. The number of hydrogen-bond acceptors (Lipinski definition) is 0. The van der Waals surface area contributed by atoms with E-state index in [9.17, 15) is 17.0 Å². The second-order valence-corrected chi connectivity index (χ2v) is 75.3. The molecule has 0 aromatic heterocycles. The van der Waals surface area contributed by atoms with Gasteiger partial charge in [-0.05, 0) is 0 Å². The van der Waals surface area contributed by atoms with Crippen molar-refractivity contribution in [2.75, 3.05) is 0 Å². The summed E-state index contributed by atoms with van der Waals surface area (Å²) in [6.07, 6.45) is 34.9. The van der Waals surface area contributed by atoms with Crippen molar-refractivity contribution in [1.82, 2.24) is 0 Å². The van der Waals surface area contributed by atoms with Crippen LogP contribution in [0.25, 0.3) is 34.4 Å². The zero-order chi connectivity index (χ0) is 55.6. The summed E-state index contributed by atoms with van der Waals surface area (Å²) in [6.45, 7) is 2.28. The Kier molecular flexibility index (Phi) is 12.1. The van der Waals surface area contributed by atoms with Gasteiger partial charge in [0.2, 0.25) is 0 Å². The number of rotatable bonds is 13. The van der Waals surface area contributed by atoms with Crippen LogP contribution in [0.1, 0.15) is 214 Å². The second-order valence-electron chi connectivity index (χ2n) is 33.9. The Bertz CT molecular complexity index is 3010. The topological polar surface area (TPSA) is 0 Å². The molecule has 18 aliphatic carbocycles. The van der Waals surface area contributed by atoms with E-state index in [2.05, 4.69) is 104 Å². The molecule has 0 heterocycles. The second kappa shape index (κ2) is 18.7. The average molecular weight is 1250 g/mol. The van der Waals surface area contributed by atoms with E-state index >= 15 is 13.2 Å². The molecule has 83 heavy (non-hydrogen) atoms. The van der Waals surface area contributed by atoms with Gasteiger partial charge in [-0.15, -0.1) is 0 Å². The number of benzene rings is 4. The summed E-state index contributed by atoms with van der Waals surface area (Å²) < 4.78 is 45.1. The van der Waals surface area contributed by atoms with Crippen molar-refractivity contribution in [2.24, 2.45) is 81.8 Å². The Morgan fingerprint density at radius 1 is 0.434 bits per heavy atom. The molecule has 22 rings (SSSR count). The Balaban J connectivity index is 0.798. The van der Waals surface area contributed by atoms with Gasteiger partial charge in [-0.3, -0.25) is 0 Å². The Hall–Kier alpha value is -2.17. The first kappa shape index (κ1) is 53.8. The Labute approximate surface area is 503 Å². The predicted octanol–water partition coefficient (Wildman–Crippen LogP) is 22.0. The van der Waals surface area contributed by atoms with E-state index in [4.69, 9.17) is 0 Å². The van der Waals surface area contributed by atoms with Crippen LogP contribution >= 0.6 is 17.0 Å². The third-order valence-corrected chi connectivity index (χ3v) is 78.5. The van der Waals surface area contributed by atoms with E-state index in [1.54, 1.807) is 11.1 Å². The van der Waals surface area contributed by atoms with E-state index < -0.39 is 34.1 Å². The SMILES string of the molecule is C[SiH](CCC(F)(F)F)[Zr]([Cl])([Cl])([CH]1C(CC23CC4CC(CC(C4)C2)C3)=Cc2c(-c3ccc(C45CC6CC(CC(C6)C4)C5)cc3)cccc21)[CH]1C(CC23CC4CC(CC(C4)C2)C3)=Cc2c(-c3ccc(C45CC6CC(CC(C6)C4)C5)cc3)cccc21. The molecule has 16 fully saturated rings. The maximum absolute atomic E-state index is 15.2. The van der Waals surface area contributed by atoms with E-state index in [-0.39, 0.29) is 24.1 Å². The number of halogens is 5. The summed E-state index contributed by atoms with van der Waals surface area (Å²) in [5.41, 5.74) is 17.1. The first-order chi connectivity index (χ1) is 39.9. The number of alkyl halides is 3. The van der Waals surface area contributed by atoms with Crippen molar-refractivity contribution in [3.05, 3.63) is 129 Å². The first-order valence-electron chi connectivity index (χ1n) is 34.4. The van der Waals surface area contributed by atoms with Crippen LogP contribution in [0.5, 0.6) is 0 Å². The van der Waals surface area contributed by atoms with Gasteiger partial charge in [0.05, 0.1) is 0 Å². The predicted molar refractivity (Wildman–Crippen MR) is 336 cm³/mol. The van der Waals surface area contributed by atoms with Crippen molar-refractivity contribution < 1.29 is 28.7 Å². The molecular formula is C76H90Cl2F3SiZr. The number of fused-ring (bicyclic) bond motifs is 2. The van der Waals surface area contributed by atoms with Gasteiger partial charge in [-0.25, -0.2) is 0 Å². The van der Waals surface area contributed by atoms with Gasteiger partial charge >= 0.3 is 508 Å². The molecule has 3 atom stereocenters. The zero-order valence-electron chi connectivity index (χ0n) is 49.6. The molecule has 18 aliphatic rings. The van der Waals surface area contributed by atoms with Gasteiger partial charge in [-0.2, -0.15) is 0 Å². The summed E-state index contributed by atoms with van der Waals surface area (Å²) in [6, 6.07) is 34.1. The zero-order valence-corrected chi connectivity index (χ0v) is 54.7. The standard InChI is InChI=1S/2C36H41.C4H8F3Si.2ClH.Zr/c2*1-2-31-14-29(19-35-16-23-8-24(17-35)10-25(9-23)18-35)15-34(31)33(3-1)30-4-6-32(7-5-30)36-20-26-11-27(21-36)13-28(12-26)22-36;1-8-3-2-4(5,6)7;;;/h2*1-7,14-15,23-28H,8-13,16-22H2;8H,2-3H2,1H3;2*1H;/q;;;;;+2/p-2. The Morgan fingerprint density at radius 2 is 0.735 bits per heavy atom. The molecular weight excluding hydrogens is 1160 g/mol. The summed E-state index contributed by atoms with van der Waals surface area (Å²) in [5, 5.41) is 0. The summed E-state index contributed by atoms with van der Waals surface area (Å²) >= 11 is -5.92. The molecule has 3 unspecified atom stereocenters. The summed E-state index contributed by atoms with van der Waals surface area (Å²) in [7, 11) is 19.3. The maximum atomic E-state index is 15.2. The van der Waals surface area contributed by atoms with Crippen LogP contribution in [-0.2, 0) is 26.4 Å². The normalized spacial score (nSPS) is 42.4. The number of hydrogen-bond donors (Lipinski definition) is 0. The molecule has 0 N–H and O–H groups in total. The molecule has 0 aliphatic heterocycles. The van der Waals surface area contributed by atoms with E-state index in [0.29, 0.717) is 10.8 Å². The molecule has 4 aromatic carbocycles. The number of allylic oxidation sites excluding steroid dienone is 2. The minimum absolute atomic E-state index is 0.103. The van der Waals surface area contributed by atoms with Crippen molar-refractivity contribution in [1.29, 1.82) is 0 Å². The van der Waals surface area contributed by atoms with Crippen LogP contribution in [-0.4, -0.2) is 12.1 Å². The fourth-order valence-electron chi connectivity index (χ4n) is 27.2. The molecule has 0 saturated heterocycles. The third kappa shape index (κ3) is 8.55. The van der Waals surface area contributed by atoms with E-state index in [1.807, 2.05) is 0 Å². The van der Waals surface area contributed by atoms with Crippen LogP contribution in [0.15, 0.2) is 96.1 Å². The van der Waals surface area contributed by atoms with E-state index in [1.165, 1.54) is 210 Å². The van der Waals surface area contributed by atoms with Crippen LogP contribution in [0.4, 0.5) is 13.2 Å². The summed E-state index contributed by atoms with van der Waals surface area (Å²) in [5.74, 6) is 7.45. The third-order valence-electron chi connectivity index (χ3n) is 28.4. The van der Waals surface area contributed by atoms with Crippen LogP contribution in [0, 0.1) is 81.8 Å². The quantitative estimate of drug-likeness (QED) is 0.117. The average Bonchev–Trinajstić information content (AvgIpc) is 1.99. The van der Waals surface area contributed by atoms with E-state index in [0.717, 1.165) is 83.9 Å². The van der Waals surface area contributed by atoms with Gasteiger partial charge < -0.3 is 0 Å². The van der Waals surface area contributed by atoms with Crippen LogP contribution in [0.3, 0.4) is 0 Å². The van der Waals surface area contributed by atoms with Gasteiger partial charge in [-0.1, -0.05) is 0 Å². The minimum atomic E-state index is -5.92. The molecule has 16 bridgehead atoms. The molecule has 0 nitrogen and oxygen atoms in total. The van der Waals surface area contributed by atoms with Crippen molar-refractivity contribution in [3.63, 3.8) is 0 Å². The fourth-order valence-corrected chi connectivity index (χ4v) is 67.2. The first-order valence-corrected chi connectivity index (χ1v) is 50.4.